The average Bonchev–Trinajstić information content (AvgIpc) is 2.90. The molecule has 1 atom stereocenters. The second kappa shape index (κ2) is 4.58. The number of Topliss-reactive ketones (excluding diaryl/α,β-unsaturated/α-hetero) is 1. The fourth-order valence-electron chi connectivity index (χ4n) is 3.31. The molecule has 1 aromatic rings. The lowest BCUT2D eigenvalue weighted by atomic mass is 9.63. The van der Waals surface area contributed by atoms with Crippen molar-refractivity contribution in [2.45, 2.75) is 43.1 Å². The van der Waals surface area contributed by atoms with E-state index in [1.165, 1.54) is 6.26 Å². The number of sulfone groups is 1. The van der Waals surface area contributed by atoms with Gasteiger partial charge < -0.3 is 4.74 Å². The molecule has 4 nitrogen and oxygen atoms in total. The number of carbonyl (C=O) groups excluding carboxylic acids is 1. The minimum absolute atomic E-state index is 0.0402. The number of carbonyl (C=O) groups is 1. The first-order valence-corrected chi connectivity index (χ1v) is 8.81. The van der Waals surface area contributed by atoms with E-state index in [4.69, 9.17) is 4.74 Å². The van der Waals surface area contributed by atoms with Crippen molar-refractivity contribution >= 4 is 15.6 Å². The predicted molar refractivity (Wildman–Crippen MR) is 74.5 cm³/mol. The smallest absolute Gasteiger partial charge is 0.175 e. The van der Waals surface area contributed by atoms with Gasteiger partial charge in [0.25, 0.3) is 0 Å². The summed E-state index contributed by atoms with van der Waals surface area (Å²) >= 11 is 0. The first-order chi connectivity index (χ1) is 9.42. The number of ether oxygens (including phenoxy) is 1. The second-order valence-electron chi connectivity index (χ2n) is 5.84. The number of benzene rings is 1. The van der Waals surface area contributed by atoms with Gasteiger partial charge in [-0.2, -0.15) is 0 Å². The van der Waals surface area contributed by atoms with E-state index in [1.807, 2.05) is 0 Å². The minimum atomic E-state index is -3.18. The number of ketones is 1. The van der Waals surface area contributed by atoms with Crippen LogP contribution < -0.4 is 4.74 Å². The monoisotopic (exact) mass is 294 g/mol. The van der Waals surface area contributed by atoms with Crippen LogP contribution in [0.1, 0.15) is 32.1 Å². The van der Waals surface area contributed by atoms with E-state index < -0.39 is 9.84 Å². The summed E-state index contributed by atoms with van der Waals surface area (Å²) in [6.07, 6.45) is 5.67. The van der Waals surface area contributed by atoms with Gasteiger partial charge in [0.1, 0.15) is 17.6 Å². The van der Waals surface area contributed by atoms with Gasteiger partial charge in [-0.3, -0.25) is 4.79 Å². The molecule has 2 aliphatic carbocycles. The Labute approximate surface area is 119 Å². The quantitative estimate of drug-likeness (QED) is 0.858. The van der Waals surface area contributed by atoms with Crippen molar-refractivity contribution in [3.63, 3.8) is 0 Å². The minimum Gasteiger partial charge on any atom is -0.489 e. The van der Waals surface area contributed by atoms with Crippen LogP contribution in [0.2, 0.25) is 0 Å². The molecule has 2 saturated carbocycles. The van der Waals surface area contributed by atoms with Crippen LogP contribution in [0.3, 0.4) is 0 Å². The second-order valence-corrected chi connectivity index (χ2v) is 7.86. The Morgan fingerprint density at radius 3 is 2.25 bits per heavy atom. The van der Waals surface area contributed by atoms with Crippen molar-refractivity contribution in [2.24, 2.45) is 5.41 Å². The first-order valence-electron chi connectivity index (χ1n) is 6.92. The van der Waals surface area contributed by atoms with E-state index in [0.717, 1.165) is 25.7 Å². The van der Waals surface area contributed by atoms with Gasteiger partial charge in [0.05, 0.1) is 10.3 Å². The Balaban J connectivity index is 1.74. The van der Waals surface area contributed by atoms with Crippen molar-refractivity contribution in [3.05, 3.63) is 24.3 Å². The number of rotatable bonds is 3. The summed E-state index contributed by atoms with van der Waals surface area (Å²) in [7, 11) is -3.18. The first kappa shape index (κ1) is 13.6. The molecule has 0 aliphatic heterocycles. The van der Waals surface area contributed by atoms with Gasteiger partial charge in [0.15, 0.2) is 9.84 Å². The third kappa shape index (κ3) is 2.14. The van der Waals surface area contributed by atoms with Crippen LogP contribution in [-0.2, 0) is 14.6 Å². The SMILES string of the molecule is CS(=O)(=O)c1ccc(OC2CC(=O)C23CCCC3)cc1. The van der Waals surface area contributed by atoms with Crippen molar-refractivity contribution in [1.29, 1.82) is 0 Å². The fraction of sp³-hybridized carbons (Fsp3) is 0.533. The third-order valence-electron chi connectivity index (χ3n) is 4.57. The lowest BCUT2D eigenvalue weighted by molar-refractivity contribution is -0.151. The highest BCUT2D eigenvalue weighted by molar-refractivity contribution is 7.90. The maximum absolute atomic E-state index is 11.9. The molecule has 3 rings (SSSR count). The molecule has 108 valence electrons. The molecule has 0 saturated heterocycles. The standard InChI is InChI=1S/C15H18O4S/c1-20(17,18)12-6-4-11(5-7-12)19-14-10-13(16)15(14)8-2-3-9-15/h4-7,14H,2-3,8-10H2,1H3. The zero-order valence-electron chi connectivity index (χ0n) is 11.5. The lowest BCUT2D eigenvalue weighted by Crippen LogP contribution is -2.55. The van der Waals surface area contributed by atoms with Crippen LogP contribution in [0.4, 0.5) is 0 Å². The van der Waals surface area contributed by atoms with E-state index in [9.17, 15) is 13.2 Å². The highest BCUT2D eigenvalue weighted by atomic mass is 32.2. The summed E-state index contributed by atoms with van der Waals surface area (Å²) in [5, 5.41) is 0. The summed E-state index contributed by atoms with van der Waals surface area (Å²) < 4.78 is 28.7. The molecule has 1 aromatic carbocycles. The van der Waals surface area contributed by atoms with Crippen LogP contribution in [0.15, 0.2) is 29.2 Å². The normalized spacial score (nSPS) is 24.6. The molecule has 5 heteroatoms. The van der Waals surface area contributed by atoms with E-state index in [2.05, 4.69) is 0 Å². The van der Waals surface area contributed by atoms with Gasteiger partial charge >= 0.3 is 0 Å². The lowest BCUT2D eigenvalue weighted by Gasteiger charge is -2.44. The molecular weight excluding hydrogens is 276 g/mol. The van der Waals surface area contributed by atoms with Crippen LogP contribution in [0.5, 0.6) is 5.75 Å². The van der Waals surface area contributed by atoms with Crippen LogP contribution in [0, 0.1) is 5.41 Å². The molecule has 0 heterocycles. The van der Waals surface area contributed by atoms with Crippen LogP contribution >= 0.6 is 0 Å². The zero-order chi connectivity index (χ0) is 14.4. The molecule has 2 fully saturated rings. The van der Waals surface area contributed by atoms with Crippen molar-refractivity contribution < 1.29 is 17.9 Å². The molecular formula is C15H18O4S. The molecule has 0 bridgehead atoms. The Kier molecular flexibility index (Phi) is 3.12. The van der Waals surface area contributed by atoms with Gasteiger partial charge in [-0.05, 0) is 37.1 Å². The summed E-state index contributed by atoms with van der Waals surface area (Å²) in [5.74, 6) is 0.967. The summed E-state index contributed by atoms with van der Waals surface area (Å²) in [4.78, 5) is 12.2. The Morgan fingerprint density at radius 2 is 1.75 bits per heavy atom. The van der Waals surface area contributed by atoms with Gasteiger partial charge in [-0.25, -0.2) is 8.42 Å². The molecule has 0 N–H and O–H groups in total. The highest BCUT2D eigenvalue weighted by Crippen LogP contribution is 2.51. The predicted octanol–water partition coefficient (Wildman–Crippen LogP) is 2.37. The van der Waals surface area contributed by atoms with E-state index in [1.54, 1.807) is 24.3 Å². The van der Waals surface area contributed by atoms with Crippen molar-refractivity contribution in [3.8, 4) is 5.75 Å². The van der Waals surface area contributed by atoms with E-state index in [-0.39, 0.29) is 16.4 Å². The highest BCUT2D eigenvalue weighted by Gasteiger charge is 2.57. The van der Waals surface area contributed by atoms with Gasteiger partial charge in [0.2, 0.25) is 0 Å². The van der Waals surface area contributed by atoms with E-state index >= 15 is 0 Å². The maximum atomic E-state index is 11.9. The molecule has 1 spiro atoms. The Hall–Kier alpha value is -1.36. The van der Waals surface area contributed by atoms with Crippen molar-refractivity contribution in [1.82, 2.24) is 0 Å². The van der Waals surface area contributed by atoms with Gasteiger partial charge in [-0.1, -0.05) is 12.8 Å². The Morgan fingerprint density at radius 1 is 1.15 bits per heavy atom. The number of hydrogen-bond donors (Lipinski definition) is 0. The fourth-order valence-corrected chi connectivity index (χ4v) is 3.94. The van der Waals surface area contributed by atoms with Crippen LogP contribution in [0.25, 0.3) is 0 Å². The molecule has 0 aromatic heterocycles. The largest absolute Gasteiger partial charge is 0.489 e. The summed E-state index contributed by atoms with van der Waals surface area (Å²) in [6, 6.07) is 6.43. The van der Waals surface area contributed by atoms with Gasteiger partial charge in [0, 0.05) is 12.7 Å². The maximum Gasteiger partial charge on any atom is 0.175 e. The zero-order valence-corrected chi connectivity index (χ0v) is 12.3. The molecule has 0 amide bonds. The molecule has 2 aliphatic rings. The van der Waals surface area contributed by atoms with Crippen molar-refractivity contribution in [2.75, 3.05) is 6.26 Å². The summed E-state index contributed by atoms with van der Waals surface area (Å²) in [6.45, 7) is 0. The topological polar surface area (TPSA) is 60.4 Å². The molecule has 20 heavy (non-hydrogen) atoms. The summed E-state index contributed by atoms with van der Waals surface area (Å²) in [5.41, 5.74) is -0.254. The van der Waals surface area contributed by atoms with Crippen LogP contribution in [-0.4, -0.2) is 26.6 Å². The molecule has 1 unspecified atom stereocenters. The average molecular weight is 294 g/mol. The Bertz CT molecular complexity index is 624. The molecule has 0 radical (unpaired) electrons. The van der Waals surface area contributed by atoms with E-state index in [0.29, 0.717) is 18.0 Å². The van der Waals surface area contributed by atoms with Gasteiger partial charge in [-0.15, -0.1) is 0 Å². The number of hydrogen-bond acceptors (Lipinski definition) is 4. The third-order valence-corrected chi connectivity index (χ3v) is 5.70.